The minimum atomic E-state index is -0.805. The van der Waals surface area contributed by atoms with E-state index < -0.39 is 5.97 Å². The zero-order chi connectivity index (χ0) is 13.2. The Morgan fingerprint density at radius 2 is 1.76 bits per heavy atom. The first kappa shape index (κ1) is 13.8. The normalized spacial score (nSPS) is 11.2. The van der Waals surface area contributed by atoms with Crippen molar-refractivity contribution in [2.75, 3.05) is 0 Å². The lowest BCUT2D eigenvalue weighted by molar-refractivity contribution is 0.0694. The largest absolute Gasteiger partial charge is 0.478 e. The molecule has 1 rings (SSSR count). The van der Waals surface area contributed by atoms with Crippen LogP contribution in [0, 0.1) is 0 Å². The van der Waals surface area contributed by atoms with Crippen LogP contribution in [0.25, 0.3) is 0 Å². The van der Waals surface area contributed by atoms with Crippen LogP contribution in [0.5, 0.6) is 0 Å². The predicted octanol–water partition coefficient (Wildman–Crippen LogP) is 4.19. The maximum atomic E-state index is 11.4. The van der Waals surface area contributed by atoms with Gasteiger partial charge in [-0.15, -0.1) is 0 Å². The van der Waals surface area contributed by atoms with Crippen molar-refractivity contribution in [1.29, 1.82) is 0 Å². The first-order valence-electron chi connectivity index (χ1n) is 6.28. The van der Waals surface area contributed by atoms with Crippen LogP contribution < -0.4 is 0 Å². The van der Waals surface area contributed by atoms with Crippen LogP contribution in [0.2, 0.25) is 0 Å². The van der Waals surface area contributed by atoms with Crippen LogP contribution >= 0.6 is 0 Å². The number of carbonyl (C=O) groups is 1. The standard InChI is InChI=1S/C15H22O2/c1-6-11-7-12(9(2)3)8-13(10(4)5)14(11)15(16)17/h7-10H,6H2,1-5H3,(H,16,17). The molecule has 17 heavy (non-hydrogen) atoms. The number of aromatic carboxylic acids is 1. The molecule has 1 aromatic rings. The van der Waals surface area contributed by atoms with Gasteiger partial charge in [-0.25, -0.2) is 4.79 Å². The molecule has 2 nitrogen and oxygen atoms in total. The number of hydrogen-bond donors (Lipinski definition) is 1. The summed E-state index contributed by atoms with van der Waals surface area (Å²) in [6.45, 7) is 10.4. The van der Waals surface area contributed by atoms with Gasteiger partial charge in [0.15, 0.2) is 0 Å². The molecule has 0 unspecified atom stereocenters. The molecule has 0 aliphatic carbocycles. The van der Waals surface area contributed by atoms with Gasteiger partial charge in [0.25, 0.3) is 0 Å². The highest BCUT2D eigenvalue weighted by molar-refractivity contribution is 5.91. The maximum Gasteiger partial charge on any atom is 0.336 e. The lowest BCUT2D eigenvalue weighted by Gasteiger charge is -2.17. The molecule has 0 bridgehead atoms. The van der Waals surface area contributed by atoms with Crippen LogP contribution in [-0.2, 0) is 6.42 Å². The summed E-state index contributed by atoms with van der Waals surface area (Å²) in [6, 6.07) is 4.10. The lowest BCUT2D eigenvalue weighted by atomic mass is 9.87. The van der Waals surface area contributed by atoms with Crippen molar-refractivity contribution in [3.05, 3.63) is 34.4 Å². The number of aryl methyl sites for hydroxylation is 1. The van der Waals surface area contributed by atoms with Crippen molar-refractivity contribution in [1.82, 2.24) is 0 Å². The molecule has 2 heteroatoms. The summed E-state index contributed by atoms with van der Waals surface area (Å²) < 4.78 is 0. The average Bonchev–Trinajstić information content (AvgIpc) is 2.26. The summed E-state index contributed by atoms with van der Waals surface area (Å²) in [4.78, 5) is 11.4. The topological polar surface area (TPSA) is 37.3 Å². The van der Waals surface area contributed by atoms with E-state index in [1.165, 1.54) is 5.56 Å². The SMILES string of the molecule is CCc1cc(C(C)C)cc(C(C)C)c1C(=O)O. The van der Waals surface area contributed by atoms with Crippen LogP contribution in [0.1, 0.15) is 73.5 Å². The molecule has 94 valence electrons. The third-order valence-electron chi connectivity index (χ3n) is 3.16. The summed E-state index contributed by atoms with van der Waals surface area (Å²) in [5, 5.41) is 9.36. The van der Waals surface area contributed by atoms with Crippen LogP contribution in [-0.4, -0.2) is 11.1 Å². The van der Waals surface area contributed by atoms with E-state index in [1.807, 2.05) is 26.8 Å². The van der Waals surface area contributed by atoms with Gasteiger partial charge in [0.05, 0.1) is 5.56 Å². The molecule has 0 spiro atoms. The van der Waals surface area contributed by atoms with E-state index in [1.54, 1.807) is 0 Å². The Hall–Kier alpha value is -1.31. The highest BCUT2D eigenvalue weighted by Gasteiger charge is 2.18. The molecule has 1 aromatic carbocycles. The van der Waals surface area contributed by atoms with Crippen molar-refractivity contribution in [2.45, 2.75) is 52.9 Å². The van der Waals surface area contributed by atoms with Crippen molar-refractivity contribution in [2.24, 2.45) is 0 Å². The number of rotatable bonds is 4. The Labute approximate surface area is 104 Å². The number of carboxylic acid groups (broad SMARTS) is 1. The molecule has 0 aliphatic heterocycles. The average molecular weight is 234 g/mol. The van der Waals surface area contributed by atoms with Gasteiger partial charge < -0.3 is 5.11 Å². The smallest absolute Gasteiger partial charge is 0.336 e. The fourth-order valence-electron chi connectivity index (χ4n) is 2.08. The molecule has 0 saturated heterocycles. The summed E-state index contributed by atoms with van der Waals surface area (Å²) in [6.07, 6.45) is 0.766. The van der Waals surface area contributed by atoms with Gasteiger partial charge >= 0.3 is 5.97 Å². The second kappa shape index (κ2) is 5.35. The monoisotopic (exact) mass is 234 g/mol. The molecule has 0 aromatic heterocycles. The van der Waals surface area contributed by atoms with Gasteiger partial charge in [-0.2, -0.15) is 0 Å². The highest BCUT2D eigenvalue weighted by atomic mass is 16.4. The Kier molecular flexibility index (Phi) is 4.33. The van der Waals surface area contributed by atoms with E-state index in [9.17, 15) is 9.90 Å². The van der Waals surface area contributed by atoms with Gasteiger partial charge in [-0.3, -0.25) is 0 Å². The lowest BCUT2D eigenvalue weighted by Crippen LogP contribution is -2.10. The number of benzene rings is 1. The fourth-order valence-corrected chi connectivity index (χ4v) is 2.08. The second-order valence-electron chi connectivity index (χ2n) is 5.11. The summed E-state index contributed by atoms with van der Waals surface area (Å²) in [7, 11) is 0. The Morgan fingerprint density at radius 1 is 1.18 bits per heavy atom. The quantitative estimate of drug-likeness (QED) is 0.848. The van der Waals surface area contributed by atoms with Crippen LogP contribution in [0.3, 0.4) is 0 Å². The summed E-state index contributed by atoms with van der Waals surface area (Å²) in [5.41, 5.74) is 3.65. The van der Waals surface area contributed by atoms with E-state index in [0.29, 0.717) is 11.5 Å². The van der Waals surface area contributed by atoms with Crippen LogP contribution in [0.4, 0.5) is 0 Å². The maximum absolute atomic E-state index is 11.4. The molecule has 0 heterocycles. The fraction of sp³-hybridized carbons (Fsp3) is 0.533. The predicted molar refractivity (Wildman–Crippen MR) is 71.0 cm³/mol. The zero-order valence-corrected chi connectivity index (χ0v) is 11.4. The molecular formula is C15H22O2. The molecule has 0 fully saturated rings. The zero-order valence-electron chi connectivity index (χ0n) is 11.4. The molecule has 0 saturated carbocycles. The Balaban J connectivity index is 3.51. The molecular weight excluding hydrogens is 212 g/mol. The minimum Gasteiger partial charge on any atom is -0.478 e. The van der Waals surface area contributed by atoms with E-state index in [2.05, 4.69) is 19.9 Å². The van der Waals surface area contributed by atoms with Gasteiger partial charge in [-0.05, 0) is 34.9 Å². The van der Waals surface area contributed by atoms with Crippen molar-refractivity contribution in [3.63, 3.8) is 0 Å². The minimum absolute atomic E-state index is 0.241. The van der Waals surface area contributed by atoms with Crippen molar-refractivity contribution in [3.8, 4) is 0 Å². The Bertz CT molecular complexity index is 417. The van der Waals surface area contributed by atoms with Gasteiger partial charge in [0.2, 0.25) is 0 Å². The van der Waals surface area contributed by atoms with E-state index in [-0.39, 0.29) is 5.92 Å². The number of carboxylic acids is 1. The first-order valence-corrected chi connectivity index (χ1v) is 6.28. The van der Waals surface area contributed by atoms with Gasteiger partial charge in [-0.1, -0.05) is 46.8 Å². The molecule has 0 radical (unpaired) electrons. The van der Waals surface area contributed by atoms with Gasteiger partial charge in [0.1, 0.15) is 0 Å². The first-order chi connectivity index (χ1) is 7.88. The van der Waals surface area contributed by atoms with Crippen molar-refractivity contribution < 1.29 is 9.90 Å². The van der Waals surface area contributed by atoms with E-state index >= 15 is 0 Å². The second-order valence-corrected chi connectivity index (χ2v) is 5.11. The van der Waals surface area contributed by atoms with Crippen molar-refractivity contribution >= 4 is 5.97 Å². The molecule has 0 amide bonds. The Morgan fingerprint density at radius 3 is 2.12 bits per heavy atom. The molecule has 0 atom stereocenters. The third kappa shape index (κ3) is 2.87. The summed E-state index contributed by atoms with van der Waals surface area (Å²) in [5.74, 6) is -0.133. The summed E-state index contributed by atoms with van der Waals surface area (Å²) >= 11 is 0. The van der Waals surface area contributed by atoms with Crippen LogP contribution in [0.15, 0.2) is 12.1 Å². The highest BCUT2D eigenvalue weighted by Crippen LogP contribution is 2.28. The van der Waals surface area contributed by atoms with E-state index in [0.717, 1.165) is 17.5 Å². The van der Waals surface area contributed by atoms with Gasteiger partial charge in [0, 0.05) is 0 Å². The third-order valence-corrected chi connectivity index (χ3v) is 3.16. The van der Waals surface area contributed by atoms with E-state index in [4.69, 9.17) is 0 Å². The number of hydrogen-bond acceptors (Lipinski definition) is 1. The molecule has 0 aliphatic rings. The molecule has 1 N–H and O–H groups in total.